The van der Waals surface area contributed by atoms with Crippen LogP contribution in [0.1, 0.15) is 6.92 Å². The monoisotopic (exact) mass is 296 g/mol. The molecular weight excluding hydrogens is 283 g/mol. The Morgan fingerprint density at radius 2 is 1.71 bits per heavy atom. The molecule has 1 aromatic rings. The molecule has 0 unspecified atom stereocenters. The minimum Gasteiger partial charge on any atom is -0.316 e. The van der Waals surface area contributed by atoms with Crippen LogP contribution in [0.2, 0.25) is 10.0 Å². The molecule has 7 heteroatoms. The second-order valence-corrected chi connectivity index (χ2v) is 6.00. The molecule has 0 aliphatic heterocycles. The van der Waals surface area contributed by atoms with Crippen LogP contribution >= 0.6 is 23.2 Å². The molecule has 1 rings (SSSR count). The number of sulfonamides is 1. The Balaban J connectivity index is 2.75. The normalized spacial score (nSPS) is 11.7. The SMILES string of the molecule is CCNCCNS(=O)(=O)c1cc(Cl)cc(Cl)c1. The lowest BCUT2D eigenvalue weighted by atomic mass is 10.4. The third-order valence-electron chi connectivity index (χ3n) is 1.99. The Morgan fingerprint density at radius 3 is 2.24 bits per heavy atom. The summed E-state index contributed by atoms with van der Waals surface area (Å²) in [7, 11) is -3.54. The quantitative estimate of drug-likeness (QED) is 0.788. The van der Waals surface area contributed by atoms with Crippen molar-refractivity contribution in [3.8, 4) is 0 Å². The van der Waals surface area contributed by atoms with Crippen molar-refractivity contribution >= 4 is 33.2 Å². The maximum atomic E-state index is 11.8. The van der Waals surface area contributed by atoms with Gasteiger partial charge >= 0.3 is 0 Å². The standard InChI is InChI=1S/C10H14Cl2N2O2S/c1-2-13-3-4-14-17(15,16)10-6-8(11)5-9(12)7-10/h5-7,13-14H,2-4H2,1H3. The summed E-state index contributed by atoms with van der Waals surface area (Å²) in [5.41, 5.74) is 0. The molecule has 0 amide bonds. The second-order valence-electron chi connectivity index (χ2n) is 3.36. The average Bonchev–Trinajstić information content (AvgIpc) is 2.23. The highest BCUT2D eigenvalue weighted by Crippen LogP contribution is 2.21. The highest BCUT2D eigenvalue weighted by Gasteiger charge is 2.14. The van der Waals surface area contributed by atoms with Gasteiger partial charge in [0.2, 0.25) is 10.0 Å². The van der Waals surface area contributed by atoms with Gasteiger partial charge in [-0.3, -0.25) is 0 Å². The predicted molar refractivity (Wildman–Crippen MR) is 70.2 cm³/mol. The fraction of sp³-hybridized carbons (Fsp3) is 0.400. The summed E-state index contributed by atoms with van der Waals surface area (Å²) in [5.74, 6) is 0. The van der Waals surface area contributed by atoms with E-state index in [1.165, 1.54) is 18.2 Å². The maximum Gasteiger partial charge on any atom is 0.240 e. The van der Waals surface area contributed by atoms with Crippen molar-refractivity contribution in [1.29, 1.82) is 0 Å². The van der Waals surface area contributed by atoms with E-state index in [4.69, 9.17) is 23.2 Å². The first-order valence-electron chi connectivity index (χ1n) is 5.12. The first kappa shape index (κ1) is 14.7. The fourth-order valence-corrected chi connectivity index (χ4v) is 2.97. The van der Waals surface area contributed by atoms with Gasteiger partial charge in [0.05, 0.1) is 4.90 Å². The van der Waals surface area contributed by atoms with Gasteiger partial charge in [-0.25, -0.2) is 13.1 Å². The van der Waals surface area contributed by atoms with Crippen molar-refractivity contribution in [2.24, 2.45) is 0 Å². The summed E-state index contributed by atoms with van der Waals surface area (Å²) in [6.07, 6.45) is 0. The molecule has 0 aromatic heterocycles. The summed E-state index contributed by atoms with van der Waals surface area (Å²) in [6.45, 7) is 3.64. The summed E-state index contributed by atoms with van der Waals surface area (Å²) in [6, 6.07) is 4.22. The van der Waals surface area contributed by atoms with Crippen molar-refractivity contribution in [3.63, 3.8) is 0 Å². The van der Waals surface area contributed by atoms with Crippen LogP contribution in [-0.4, -0.2) is 28.1 Å². The Labute approximate surface area is 111 Å². The number of nitrogens with one attached hydrogen (secondary N) is 2. The lowest BCUT2D eigenvalue weighted by molar-refractivity contribution is 0.577. The van der Waals surface area contributed by atoms with Gasteiger partial charge in [0, 0.05) is 23.1 Å². The fourth-order valence-electron chi connectivity index (χ4n) is 1.22. The van der Waals surface area contributed by atoms with Gasteiger partial charge in [0.15, 0.2) is 0 Å². The van der Waals surface area contributed by atoms with E-state index >= 15 is 0 Å². The molecule has 0 bridgehead atoms. The molecule has 0 atom stereocenters. The molecule has 96 valence electrons. The van der Waals surface area contributed by atoms with E-state index in [-0.39, 0.29) is 4.90 Å². The minimum absolute atomic E-state index is 0.0755. The van der Waals surface area contributed by atoms with E-state index in [9.17, 15) is 8.42 Å². The molecule has 4 nitrogen and oxygen atoms in total. The van der Waals surface area contributed by atoms with E-state index in [2.05, 4.69) is 10.0 Å². The number of rotatable bonds is 6. The van der Waals surface area contributed by atoms with Crippen molar-refractivity contribution in [2.75, 3.05) is 19.6 Å². The minimum atomic E-state index is -3.54. The van der Waals surface area contributed by atoms with E-state index < -0.39 is 10.0 Å². The summed E-state index contributed by atoms with van der Waals surface area (Å²) in [5, 5.41) is 3.61. The van der Waals surface area contributed by atoms with Crippen molar-refractivity contribution < 1.29 is 8.42 Å². The number of hydrogen-bond donors (Lipinski definition) is 2. The summed E-state index contributed by atoms with van der Waals surface area (Å²) < 4.78 is 26.1. The molecule has 0 saturated heterocycles. The van der Waals surface area contributed by atoms with Crippen LogP contribution < -0.4 is 10.0 Å². The van der Waals surface area contributed by atoms with Crippen LogP contribution in [0.5, 0.6) is 0 Å². The molecule has 0 spiro atoms. The van der Waals surface area contributed by atoms with Crippen molar-refractivity contribution in [2.45, 2.75) is 11.8 Å². The third-order valence-corrected chi connectivity index (χ3v) is 3.87. The van der Waals surface area contributed by atoms with E-state index in [1.807, 2.05) is 6.92 Å². The van der Waals surface area contributed by atoms with Gasteiger partial charge in [0.1, 0.15) is 0 Å². The van der Waals surface area contributed by atoms with Gasteiger partial charge in [-0.1, -0.05) is 30.1 Å². The smallest absolute Gasteiger partial charge is 0.240 e. The lowest BCUT2D eigenvalue weighted by Crippen LogP contribution is -2.31. The molecule has 2 N–H and O–H groups in total. The molecule has 0 radical (unpaired) electrons. The second kappa shape index (κ2) is 6.56. The Kier molecular flexibility index (Phi) is 5.69. The van der Waals surface area contributed by atoms with Crippen LogP contribution in [0.15, 0.2) is 23.1 Å². The molecule has 0 aliphatic carbocycles. The van der Waals surface area contributed by atoms with Crippen LogP contribution in [0.25, 0.3) is 0 Å². The molecule has 1 aromatic carbocycles. The van der Waals surface area contributed by atoms with Crippen LogP contribution in [0, 0.1) is 0 Å². The highest BCUT2D eigenvalue weighted by atomic mass is 35.5. The topological polar surface area (TPSA) is 58.2 Å². The maximum absolute atomic E-state index is 11.8. The number of hydrogen-bond acceptors (Lipinski definition) is 3. The average molecular weight is 297 g/mol. The first-order chi connectivity index (χ1) is 7.95. The molecular formula is C10H14Cl2N2O2S. The predicted octanol–water partition coefficient (Wildman–Crippen LogP) is 1.88. The van der Waals surface area contributed by atoms with E-state index in [1.54, 1.807) is 0 Å². The third kappa shape index (κ3) is 4.81. The zero-order valence-electron chi connectivity index (χ0n) is 9.33. The zero-order valence-corrected chi connectivity index (χ0v) is 11.7. The zero-order chi connectivity index (χ0) is 12.9. The summed E-state index contributed by atoms with van der Waals surface area (Å²) >= 11 is 11.5. The van der Waals surface area contributed by atoms with Crippen LogP contribution in [0.3, 0.4) is 0 Å². The van der Waals surface area contributed by atoms with E-state index in [0.29, 0.717) is 23.1 Å². The Hall–Kier alpha value is -0.330. The molecule has 0 fully saturated rings. The van der Waals surface area contributed by atoms with Gasteiger partial charge in [-0.05, 0) is 24.7 Å². The highest BCUT2D eigenvalue weighted by molar-refractivity contribution is 7.89. The molecule has 17 heavy (non-hydrogen) atoms. The van der Waals surface area contributed by atoms with Gasteiger partial charge in [-0.15, -0.1) is 0 Å². The van der Waals surface area contributed by atoms with E-state index in [0.717, 1.165) is 6.54 Å². The Morgan fingerprint density at radius 1 is 1.12 bits per heavy atom. The number of halogens is 2. The molecule has 0 heterocycles. The first-order valence-corrected chi connectivity index (χ1v) is 7.36. The number of likely N-dealkylation sites (N-methyl/N-ethyl adjacent to an activating group) is 1. The molecule has 0 saturated carbocycles. The Bertz CT molecular complexity index is 457. The van der Waals surface area contributed by atoms with Gasteiger partial charge < -0.3 is 5.32 Å². The largest absolute Gasteiger partial charge is 0.316 e. The number of benzene rings is 1. The van der Waals surface area contributed by atoms with Crippen LogP contribution in [0.4, 0.5) is 0 Å². The van der Waals surface area contributed by atoms with Gasteiger partial charge in [-0.2, -0.15) is 0 Å². The lowest BCUT2D eigenvalue weighted by Gasteiger charge is -2.07. The molecule has 0 aliphatic rings. The van der Waals surface area contributed by atoms with Crippen LogP contribution in [-0.2, 0) is 10.0 Å². The van der Waals surface area contributed by atoms with Crippen molar-refractivity contribution in [3.05, 3.63) is 28.2 Å². The summed E-state index contributed by atoms with van der Waals surface area (Å²) in [4.78, 5) is 0.0755. The van der Waals surface area contributed by atoms with Gasteiger partial charge in [0.25, 0.3) is 0 Å². The van der Waals surface area contributed by atoms with Crippen molar-refractivity contribution in [1.82, 2.24) is 10.0 Å².